The van der Waals surface area contributed by atoms with Crippen LogP contribution in [0.2, 0.25) is 0 Å². The van der Waals surface area contributed by atoms with Gasteiger partial charge < -0.3 is 20.1 Å². The first kappa shape index (κ1) is 11.8. The highest BCUT2D eigenvalue weighted by molar-refractivity contribution is 5.39. The van der Waals surface area contributed by atoms with Gasteiger partial charge in [0, 0.05) is 32.7 Å². The fraction of sp³-hybridized carbons (Fsp3) is 0.700. The number of hydrogen-bond donors (Lipinski definition) is 2. The minimum absolute atomic E-state index is 0.206. The van der Waals surface area contributed by atoms with Gasteiger partial charge in [0.05, 0.1) is 7.11 Å². The highest BCUT2D eigenvalue weighted by atomic mass is 16.5. The van der Waals surface area contributed by atoms with Crippen molar-refractivity contribution in [3.05, 3.63) is 0 Å². The Bertz CT molecular complexity index is 365. The summed E-state index contributed by atoms with van der Waals surface area (Å²) in [6.07, 6.45) is 0.958. The van der Waals surface area contributed by atoms with Crippen LogP contribution >= 0.6 is 0 Å². The van der Waals surface area contributed by atoms with Crippen molar-refractivity contribution in [3.63, 3.8) is 0 Å². The molecule has 1 aromatic rings. The van der Waals surface area contributed by atoms with Crippen LogP contribution in [0.15, 0.2) is 0 Å². The Labute approximate surface area is 99.9 Å². The van der Waals surface area contributed by atoms with Gasteiger partial charge in [-0.1, -0.05) is 0 Å². The summed E-state index contributed by atoms with van der Waals surface area (Å²) in [6, 6.07) is 0.298. The molecule has 0 saturated carbocycles. The van der Waals surface area contributed by atoms with Crippen LogP contribution < -0.4 is 15.0 Å². The summed E-state index contributed by atoms with van der Waals surface area (Å²) in [5, 5.41) is 12.0. The van der Waals surface area contributed by atoms with E-state index in [2.05, 4.69) is 20.3 Å². The van der Waals surface area contributed by atoms with Crippen molar-refractivity contribution in [2.75, 3.05) is 44.1 Å². The zero-order valence-corrected chi connectivity index (χ0v) is 10.1. The molecule has 1 fully saturated rings. The van der Waals surface area contributed by atoms with E-state index in [1.54, 1.807) is 7.05 Å². The van der Waals surface area contributed by atoms with E-state index in [0.29, 0.717) is 23.8 Å². The number of hydrogen-bond acceptors (Lipinski definition) is 7. The third-order valence-electron chi connectivity index (χ3n) is 2.84. The van der Waals surface area contributed by atoms with Gasteiger partial charge in [-0.3, -0.25) is 0 Å². The van der Waals surface area contributed by atoms with Gasteiger partial charge in [0.2, 0.25) is 11.9 Å². The average molecular weight is 239 g/mol. The number of ether oxygens (including phenoxy) is 1. The summed E-state index contributed by atoms with van der Waals surface area (Å²) in [7, 11) is 3.28. The lowest BCUT2D eigenvalue weighted by atomic mass is 10.1. The van der Waals surface area contributed by atoms with E-state index in [1.807, 2.05) is 4.90 Å². The summed E-state index contributed by atoms with van der Waals surface area (Å²) in [5.74, 6) is 1.38. The number of anilines is 2. The van der Waals surface area contributed by atoms with Gasteiger partial charge in [0.15, 0.2) is 0 Å². The second-order valence-corrected chi connectivity index (χ2v) is 3.98. The molecule has 1 aliphatic rings. The van der Waals surface area contributed by atoms with Gasteiger partial charge in [-0.2, -0.15) is 15.0 Å². The average Bonchev–Trinajstić information content (AvgIpc) is 2.86. The van der Waals surface area contributed by atoms with Crippen LogP contribution in [0.1, 0.15) is 6.42 Å². The van der Waals surface area contributed by atoms with Crippen molar-refractivity contribution in [3.8, 4) is 6.01 Å². The number of aromatic nitrogens is 3. The molecule has 17 heavy (non-hydrogen) atoms. The fourth-order valence-electron chi connectivity index (χ4n) is 1.85. The second kappa shape index (κ2) is 5.13. The first-order chi connectivity index (χ1) is 8.26. The lowest BCUT2D eigenvalue weighted by molar-refractivity contribution is 0.238. The molecule has 2 heterocycles. The van der Waals surface area contributed by atoms with E-state index in [-0.39, 0.29) is 6.61 Å². The quantitative estimate of drug-likeness (QED) is 0.749. The number of aliphatic hydroxyl groups excluding tert-OH is 1. The highest BCUT2D eigenvalue weighted by Crippen LogP contribution is 2.22. The van der Waals surface area contributed by atoms with Crippen molar-refractivity contribution in [1.82, 2.24) is 15.0 Å². The predicted octanol–water partition coefficient (Wildman–Crippen LogP) is -0.260. The molecule has 0 bridgehead atoms. The zero-order valence-electron chi connectivity index (χ0n) is 10.1. The van der Waals surface area contributed by atoms with Crippen molar-refractivity contribution < 1.29 is 9.84 Å². The zero-order chi connectivity index (χ0) is 12.3. The van der Waals surface area contributed by atoms with Gasteiger partial charge in [0.25, 0.3) is 0 Å². The van der Waals surface area contributed by atoms with Crippen molar-refractivity contribution in [2.24, 2.45) is 5.92 Å². The van der Waals surface area contributed by atoms with Gasteiger partial charge >= 0.3 is 6.01 Å². The Kier molecular flexibility index (Phi) is 3.58. The first-order valence-corrected chi connectivity index (χ1v) is 5.60. The van der Waals surface area contributed by atoms with Crippen molar-refractivity contribution >= 4 is 11.9 Å². The number of nitrogens with zero attached hydrogens (tertiary/aromatic N) is 4. The summed E-state index contributed by atoms with van der Waals surface area (Å²) < 4.78 is 5.03. The maximum atomic E-state index is 9.12. The molecule has 0 aliphatic carbocycles. The summed E-state index contributed by atoms with van der Waals surface area (Å²) in [4.78, 5) is 14.6. The molecule has 1 unspecified atom stereocenters. The van der Waals surface area contributed by atoms with E-state index >= 15 is 0 Å². The number of aliphatic hydroxyl groups is 1. The Hall–Kier alpha value is -1.63. The van der Waals surface area contributed by atoms with Crippen LogP contribution in [-0.4, -0.2) is 53.9 Å². The molecular weight excluding hydrogens is 222 g/mol. The minimum atomic E-state index is 0.206. The van der Waals surface area contributed by atoms with E-state index in [1.165, 1.54) is 7.11 Å². The van der Waals surface area contributed by atoms with Gasteiger partial charge in [-0.15, -0.1) is 0 Å². The Morgan fingerprint density at radius 3 is 2.88 bits per heavy atom. The van der Waals surface area contributed by atoms with Gasteiger partial charge in [0.1, 0.15) is 0 Å². The topological polar surface area (TPSA) is 83.4 Å². The van der Waals surface area contributed by atoms with Gasteiger partial charge in [-0.25, -0.2) is 0 Å². The molecule has 2 rings (SSSR count). The van der Waals surface area contributed by atoms with Crippen LogP contribution in [0.25, 0.3) is 0 Å². The molecule has 1 aliphatic heterocycles. The predicted molar refractivity (Wildman–Crippen MR) is 63.3 cm³/mol. The third-order valence-corrected chi connectivity index (χ3v) is 2.84. The molecule has 7 nitrogen and oxygen atoms in total. The Morgan fingerprint density at radius 1 is 1.47 bits per heavy atom. The lowest BCUT2D eigenvalue weighted by Crippen LogP contribution is -2.23. The standard InChI is InChI=1S/C10H17N5O2/c1-11-8-12-9(14-10(13-8)17-2)15-4-3-7(5-15)6-16/h7,16H,3-6H2,1-2H3,(H,11,12,13,14). The number of nitrogens with one attached hydrogen (secondary N) is 1. The molecule has 0 radical (unpaired) electrons. The number of rotatable bonds is 4. The van der Waals surface area contributed by atoms with Crippen LogP contribution in [0.5, 0.6) is 6.01 Å². The summed E-state index contributed by atoms with van der Waals surface area (Å²) >= 11 is 0. The number of methoxy groups -OCH3 is 1. The van der Waals surface area contributed by atoms with Gasteiger partial charge in [-0.05, 0) is 6.42 Å². The highest BCUT2D eigenvalue weighted by Gasteiger charge is 2.24. The fourth-order valence-corrected chi connectivity index (χ4v) is 1.85. The molecule has 0 spiro atoms. The molecule has 94 valence electrons. The lowest BCUT2D eigenvalue weighted by Gasteiger charge is -2.16. The first-order valence-electron chi connectivity index (χ1n) is 5.60. The summed E-state index contributed by atoms with van der Waals surface area (Å²) in [6.45, 7) is 1.83. The maximum absolute atomic E-state index is 9.12. The second-order valence-electron chi connectivity index (χ2n) is 3.98. The molecular formula is C10H17N5O2. The molecule has 2 N–H and O–H groups in total. The molecule has 1 aromatic heterocycles. The third kappa shape index (κ3) is 2.55. The monoisotopic (exact) mass is 239 g/mol. The Morgan fingerprint density at radius 2 is 2.29 bits per heavy atom. The van der Waals surface area contributed by atoms with Crippen molar-refractivity contribution in [1.29, 1.82) is 0 Å². The summed E-state index contributed by atoms with van der Waals surface area (Å²) in [5.41, 5.74) is 0. The van der Waals surface area contributed by atoms with E-state index in [9.17, 15) is 0 Å². The SMILES string of the molecule is CNc1nc(OC)nc(N2CCC(CO)C2)n1. The van der Waals surface area contributed by atoms with E-state index in [4.69, 9.17) is 9.84 Å². The maximum Gasteiger partial charge on any atom is 0.322 e. The normalized spacial score (nSPS) is 19.5. The largest absolute Gasteiger partial charge is 0.467 e. The molecule has 7 heteroatoms. The smallest absolute Gasteiger partial charge is 0.322 e. The molecule has 0 amide bonds. The minimum Gasteiger partial charge on any atom is -0.467 e. The van der Waals surface area contributed by atoms with Crippen LogP contribution in [0.3, 0.4) is 0 Å². The molecule has 0 aromatic carbocycles. The van der Waals surface area contributed by atoms with Crippen LogP contribution in [-0.2, 0) is 0 Å². The van der Waals surface area contributed by atoms with Crippen LogP contribution in [0.4, 0.5) is 11.9 Å². The Balaban J connectivity index is 2.20. The van der Waals surface area contributed by atoms with Crippen molar-refractivity contribution in [2.45, 2.75) is 6.42 Å². The van der Waals surface area contributed by atoms with E-state index in [0.717, 1.165) is 19.5 Å². The van der Waals surface area contributed by atoms with E-state index < -0.39 is 0 Å². The van der Waals surface area contributed by atoms with Crippen LogP contribution in [0, 0.1) is 5.92 Å². The molecule has 1 atom stereocenters. The molecule has 1 saturated heterocycles.